The molecule has 0 bridgehead atoms. The molecule has 0 radical (unpaired) electrons. The summed E-state index contributed by atoms with van der Waals surface area (Å²) >= 11 is 4.80. The van der Waals surface area contributed by atoms with Crippen molar-refractivity contribution in [1.82, 2.24) is 9.97 Å². The molecule has 0 saturated carbocycles. The van der Waals surface area contributed by atoms with Gasteiger partial charge in [0.1, 0.15) is 17.0 Å². The van der Waals surface area contributed by atoms with Crippen molar-refractivity contribution in [2.45, 2.75) is 13.0 Å². The largest absolute Gasteiger partial charge is 0.360 e. The second kappa shape index (κ2) is 5.40. The van der Waals surface area contributed by atoms with Crippen LogP contribution in [-0.4, -0.2) is 14.9 Å². The molecule has 0 aliphatic carbocycles. The summed E-state index contributed by atoms with van der Waals surface area (Å²) in [5, 5.41) is 16.6. The number of hydrogen-bond acceptors (Lipinski definition) is 6. The Labute approximate surface area is 115 Å². The van der Waals surface area contributed by atoms with E-state index in [1.807, 2.05) is 12.3 Å². The summed E-state index contributed by atoms with van der Waals surface area (Å²) in [4.78, 5) is 18.3. The fourth-order valence-electron chi connectivity index (χ4n) is 1.35. The lowest BCUT2D eigenvalue weighted by Crippen LogP contribution is -2.08. The molecule has 6 nitrogen and oxygen atoms in total. The second-order valence-corrected chi connectivity index (χ2v) is 5.30. The lowest BCUT2D eigenvalue weighted by atomic mass is 10.3. The minimum absolute atomic E-state index is 0.00439. The van der Waals surface area contributed by atoms with Gasteiger partial charge in [-0.25, -0.2) is 9.97 Å². The van der Waals surface area contributed by atoms with Crippen LogP contribution in [0, 0.1) is 10.1 Å². The number of nitro groups is 1. The van der Waals surface area contributed by atoms with E-state index >= 15 is 0 Å². The predicted octanol–water partition coefficient (Wildman–Crippen LogP) is 3.38. The molecule has 1 atom stereocenters. The third-order valence-electron chi connectivity index (χ3n) is 2.21. The maximum Gasteiger partial charge on any atom is 0.288 e. The molecule has 0 amide bonds. The van der Waals surface area contributed by atoms with Gasteiger partial charge in [-0.3, -0.25) is 10.1 Å². The van der Waals surface area contributed by atoms with Gasteiger partial charge in [0, 0.05) is 17.6 Å². The fraction of sp³-hybridized carbons (Fsp3) is 0.200. The third-order valence-corrected chi connectivity index (χ3v) is 3.78. The average Bonchev–Trinajstić information content (AvgIpc) is 2.85. The summed E-state index contributed by atoms with van der Waals surface area (Å²) in [6.07, 6.45) is 2.96. The minimum Gasteiger partial charge on any atom is -0.360 e. The van der Waals surface area contributed by atoms with Crippen molar-refractivity contribution in [3.8, 4) is 0 Å². The third kappa shape index (κ3) is 2.82. The molecular weight excluding hydrogens is 320 g/mol. The van der Waals surface area contributed by atoms with Gasteiger partial charge in [-0.05, 0) is 22.9 Å². The van der Waals surface area contributed by atoms with E-state index in [-0.39, 0.29) is 11.7 Å². The molecule has 0 fully saturated rings. The summed E-state index contributed by atoms with van der Waals surface area (Å²) in [5.41, 5.74) is -0.0469. The van der Waals surface area contributed by atoms with Gasteiger partial charge in [-0.2, -0.15) is 0 Å². The SMILES string of the molecule is CC(Nc1ncc([N+](=O)[O-])cc1Br)c1nccs1. The minimum atomic E-state index is -0.480. The highest BCUT2D eigenvalue weighted by molar-refractivity contribution is 9.10. The molecule has 2 rings (SSSR count). The molecule has 94 valence electrons. The number of anilines is 1. The highest BCUT2D eigenvalue weighted by atomic mass is 79.9. The summed E-state index contributed by atoms with van der Waals surface area (Å²) < 4.78 is 0.556. The first-order valence-electron chi connectivity index (χ1n) is 5.04. The summed E-state index contributed by atoms with van der Waals surface area (Å²) in [5.74, 6) is 0.559. The van der Waals surface area contributed by atoms with Crippen LogP contribution in [0.3, 0.4) is 0 Å². The van der Waals surface area contributed by atoms with Crippen LogP contribution in [0.5, 0.6) is 0 Å². The maximum absolute atomic E-state index is 10.6. The molecule has 0 aliphatic heterocycles. The van der Waals surface area contributed by atoms with Crippen LogP contribution >= 0.6 is 27.3 Å². The van der Waals surface area contributed by atoms with Crippen LogP contribution < -0.4 is 5.32 Å². The summed E-state index contributed by atoms with van der Waals surface area (Å²) in [6.45, 7) is 1.95. The van der Waals surface area contributed by atoms with E-state index in [4.69, 9.17) is 0 Å². The zero-order valence-corrected chi connectivity index (χ0v) is 11.7. The van der Waals surface area contributed by atoms with E-state index in [1.165, 1.54) is 23.6 Å². The standard InChI is InChI=1S/C10H9BrN4O2S/c1-6(10-12-2-3-18-10)14-9-8(11)4-7(5-13-9)15(16)17/h2-6H,1H3,(H,13,14). The number of thiazole rings is 1. The molecule has 18 heavy (non-hydrogen) atoms. The number of nitrogens with zero attached hydrogens (tertiary/aromatic N) is 3. The topological polar surface area (TPSA) is 81.0 Å². The number of aromatic nitrogens is 2. The molecule has 0 aromatic carbocycles. The van der Waals surface area contributed by atoms with Gasteiger partial charge >= 0.3 is 0 Å². The van der Waals surface area contributed by atoms with Crippen molar-refractivity contribution < 1.29 is 4.92 Å². The highest BCUT2D eigenvalue weighted by Gasteiger charge is 2.14. The number of halogens is 1. The van der Waals surface area contributed by atoms with Crippen LogP contribution in [0.1, 0.15) is 18.0 Å². The molecule has 1 unspecified atom stereocenters. The van der Waals surface area contributed by atoms with Crippen molar-refractivity contribution in [3.05, 3.63) is 43.4 Å². The highest BCUT2D eigenvalue weighted by Crippen LogP contribution is 2.28. The van der Waals surface area contributed by atoms with E-state index in [2.05, 4.69) is 31.2 Å². The molecule has 0 aliphatic rings. The van der Waals surface area contributed by atoms with E-state index < -0.39 is 4.92 Å². The lowest BCUT2D eigenvalue weighted by Gasteiger charge is -2.12. The Morgan fingerprint density at radius 1 is 1.56 bits per heavy atom. The summed E-state index contributed by atoms with van der Waals surface area (Å²) in [6, 6.07) is 1.42. The normalized spacial score (nSPS) is 12.1. The van der Waals surface area contributed by atoms with Crippen LogP contribution in [0.2, 0.25) is 0 Å². The Bertz CT molecular complexity index is 561. The first-order chi connectivity index (χ1) is 8.58. The average molecular weight is 329 g/mol. The first kappa shape index (κ1) is 12.9. The number of hydrogen-bond donors (Lipinski definition) is 1. The first-order valence-corrected chi connectivity index (χ1v) is 6.71. The second-order valence-electron chi connectivity index (χ2n) is 3.52. The monoisotopic (exact) mass is 328 g/mol. The molecule has 2 aromatic heterocycles. The number of nitrogens with one attached hydrogen (secondary N) is 1. The maximum atomic E-state index is 10.6. The Kier molecular flexibility index (Phi) is 3.87. The molecule has 2 heterocycles. The van der Waals surface area contributed by atoms with Crippen molar-refractivity contribution in [2.24, 2.45) is 0 Å². The van der Waals surface area contributed by atoms with E-state index in [0.29, 0.717) is 10.3 Å². The molecule has 0 spiro atoms. The van der Waals surface area contributed by atoms with Gasteiger partial charge < -0.3 is 5.32 Å². The summed E-state index contributed by atoms with van der Waals surface area (Å²) in [7, 11) is 0. The van der Waals surface area contributed by atoms with Crippen LogP contribution in [-0.2, 0) is 0 Å². The van der Waals surface area contributed by atoms with Crippen molar-refractivity contribution in [2.75, 3.05) is 5.32 Å². The zero-order chi connectivity index (χ0) is 13.1. The van der Waals surface area contributed by atoms with Gasteiger partial charge in [0.05, 0.1) is 15.4 Å². The fourth-order valence-corrected chi connectivity index (χ4v) is 2.45. The Morgan fingerprint density at radius 3 is 2.89 bits per heavy atom. The van der Waals surface area contributed by atoms with Crippen molar-refractivity contribution >= 4 is 38.8 Å². The molecular formula is C10H9BrN4O2S. The van der Waals surface area contributed by atoms with E-state index in [0.717, 1.165) is 5.01 Å². The van der Waals surface area contributed by atoms with E-state index in [9.17, 15) is 10.1 Å². The predicted molar refractivity (Wildman–Crippen MR) is 72.7 cm³/mol. The molecule has 1 N–H and O–H groups in total. The molecule has 8 heteroatoms. The Morgan fingerprint density at radius 2 is 2.33 bits per heavy atom. The number of pyridine rings is 1. The van der Waals surface area contributed by atoms with Gasteiger partial charge in [0.25, 0.3) is 5.69 Å². The van der Waals surface area contributed by atoms with Crippen LogP contribution in [0.4, 0.5) is 11.5 Å². The lowest BCUT2D eigenvalue weighted by molar-refractivity contribution is -0.385. The van der Waals surface area contributed by atoms with Gasteiger partial charge in [0.15, 0.2) is 0 Å². The molecule has 0 saturated heterocycles. The van der Waals surface area contributed by atoms with Gasteiger partial charge in [-0.15, -0.1) is 11.3 Å². The smallest absolute Gasteiger partial charge is 0.288 e. The van der Waals surface area contributed by atoms with Crippen LogP contribution in [0.25, 0.3) is 0 Å². The van der Waals surface area contributed by atoms with Crippen molar-refractivity contribution in [3.63, 3.8) is 0 Å². The van der Waals surface area contributed by atoms with Crippen molar-refractivity contribution in [1.29, 1.82) is 0 Å². The van der Waals surface area contributed by atoms with Gasteiger partial charge in [0.2, 0.25) is 0 Å². The Hall–Kier alpha value is -1.54. The zero-order valence-electron chi connectivity index (χ0n) is 9.33. The number of rotatable bonds is 4. The van der Waals surface area contributed by atoms with Crippen LogP contribution in [0.15, 0.2) is 28.3 Å². The Balaban J connectivity index is 2.17. The van der Waals surface area contributed by atoms with E-state index in [1.54, 1.807) is 6.20 Å². The van der Waals surface area contributed by atoms with Gasteiger partial charge in [-0.1, -0.05) is 0 Å². The molecule has 2 aromatic rings. The quantitative estimate of drug-likeness (QED) is 0.687.